The SMILES string of the molecule is NCCC(F)(F)C1CS(=O)(=O)C1. The van der Waals surface area contributed by atoms with Gasteiger partial charge < -0.3 is 5.73 Å². The number of alkyl halides is 2. The highest BCUT2D eigenvalue weighted by Crippen LogP contribution is 2.36. The van der Waals surface area contributed by atoms with Crippen molar-refractivity contribution in [3.63, 3.8) is 0 Å². The number of hydrogen-bond donors (Lipinski definition) is 1. The Balaban J connectivity index is 2.51. The third kappa shape index (κ3) is 1.92. The summed E-state index contributed by atoms with van der Waals surface area (Å²) in [6, 6.07) is 0. The molecule has 0 bridgehead atoms. The van der Waals surface area contributed by atoms with Gasteiger partial charge in [-0.25, -0.2) is 17.2 Å². The topological polar surface area (TPSA) is 60.2 Å². The molecule has 1 heterocycles. The molecule has 72 valence electrons. The Kier molecular flexibility index (Phi) is 2.40. The van der Waals surface area contributed by atoms with Gasteiger partial charge in [0.05, 0.1) is 17.4 Å². The monoisotopic (exact) mass is 199 g/mol. The third-order valence-corrected chi connectivity index (χ3v) is 3.81. The first-order chi connectivity index (χ1) is 5.37. The van der Waals surface area contributed by atoms with Crippen LogP contribution in [0.2, 0.25) is 0 Å². The number of halogens is 2. The van der Waals surface area contributed by atoms with Gasteiger partial charge in [-0.3, -0.25) is 0 Å². The lowest BCUT2D eigenvalue weighted by atomic mass is 10.0. The van der Waals surface area contributed by atoms with Crippen molar-refractivity contribution < 1.29 is 17.2 Å². The Morgan fingerprint density at radius 2 is 1.92 bits per heavy atom. The van der Waals surface area contributed by atoms with Crippen molar-refractivity contribution >= 4 is 9.84 Å². The highest BCUT2D eigenvalue weighted by atomic mass is 32.2. The van der Waals surface area contributed by atoms with Crippen LogP contribution >= 0.6 is 0 Å². The van der Waals surface area contributed by atoms with Crippen LogP contribution in [-0.4, -0.2) is 32.4 Å². The lowest BCUT2D eigenvalue weighted by molar-refractivity contribution is -0.0522. The first-order valence-corrected chi connectivity index (χ1v) is 5.48. The maximum Gasteiger partial charge on any atom is 0.254 e. The Bertz CT molecular complexity index is 251. The zero-order valence-electron chi connectivity index (χ0n) is 6.46. The van der Waals surface area contributed by atoms with Crippen molar-refractivity contribution in [1.29, 1.82) is 0 Å². The van der Waals surface area contributed by atoms with Crippen molar-refractivity contribution in [1.82, 2.24) is 0 Å². The predicted octanol–water partition coefficient (Wildman–Crippen LogP) is 0.0151. The van der Waals surface area contributed by atoms with E-state index in [4.69, 9.17) is 5.73 Å². The number of rotatable bonds is 3. The van der Waals surface area contributed by atoms with Gasteiger partial charge >= 0.3 is 0 Å². The van der Waals surface area contributed by atoms with Gasteiger partial charge in [0.25, 0.3) is 5.92 Å². The van der Waals surface area contributed by atoms with Crippen molar-refractivity contribution in [2.75, 3.05) is 18.1 Å². The van der Waals surface area contributed by atoms with Gasteiger partial charge in [0.1, 0.15) is 0 Å². The van der Waals surface area contributed by atoms with Gasteiger partial charge in [0, 0.05) is 6.42 Å². The molecule has 0 spiro atoms. The summed E-state index contributed by atoms with van der Waals surface area (Å²) in [6.45, 7) is -0.108. The minimum Gasteiger partial charge on any atom is -0.330 e. The average molecular weight is 199 g/mol. The lowest BCUT2D eigenvalue weighted by Gasteiger charge is -2.32. The van der Waals surface area contributed by atoms with E-state index < -0.39 is 28.1 Å². The second kappa shape index (κ2) is 2.92. The van der Waals surface area contributed by atoms with Crippen LogP contribution in [0.3, 0.4) is 0 Å². The van der Waals surface area contributed by atoms with E-state index in [1.54, 1.807) is 0 Å². The normalized spacial score (nSPS) is 23.6. The molecule has 0 aromatic carbocycles. The Labute approximate surface area is 69.9 Å². The summed E-state index contributed by atoms with van der Waals surface area (Å²) in [4.78, 5) is 0. The van der Waals surface area contributed by atoms with Crippen molar-refractivity contribution in [3.8, 4) is 0 Å². The molecule has 1 rings (SSSR count). The van der Waals surface area contributed by atoms with E-state index in [9.17, 15) is 17.2 Å². The zero-order chi connectivity index (χ0) is 9.41. The molecule has 1 fully saturated rings. The summed E-state index contributed by atoms with van der Waals surface area (Å²) in [5.41, 5.74) is 4.97. The first-order valence-electron chi connectivity index (χ1n) is 3.66. The van der Waals surface area contributed by atoms with Crippen molar-refractivity contribution in [2.24, 2.45) is 11.7 Å². The Morgan fingerprint density at radius 3 is 2.25 bits per heavy atom. The molecule has 0 amide bonds. The number of sulfone groups is 1. The van der Waals surface area contributed by atoms with Gasteiger partial charge in [0.15, 0.2) is 9.84 Å². The van der Waals surface area contributed by atoms with E-state index in [2.05, 4.69) is 0 Å². The minimum absolute atomic E-state index is 0.108. The average Bonchev–Trinajstić information content (AvgIpc) is 1.82. The fraction of sp³-hybridized carbons (Fsp3) is 1.00. The summed E-state index contributed by atoms with van der Waals surface area (Å²) in [7, 11) is -3.15. The van der Waals surface area contributed by atoms with E-state index in [0.717, 1.165) is 0 Å². The predicted molar refractivity (Wildman–Crippen MR) is 40.8 cm³/mol. The smallest absolute Gasteiger partial charge is 0.254 e. The Hall–Kier alpha value is -0.230. The van der Waals surface area contributed by atoms with Gasteiger partial charge in [-0.2, -0.15) is 0 Å². The fourth-order valence-electron chi connectivity index (χ4n) is 1.20. The molecule has 6 heteroatoms. The molecule has 0 radical (unpaired) electrons. The standard InChI is InChI=1S/C6H11F2NO2S/c7-6(8,1-2-9)5-3-12(10,11)4-5/h5H,1-4,9H2. The molecular formula is C6H11F2NO2S. The second-order valence-electron chi connectivity index (χ2n) is 3.07. The quantitative estimate of drug-likeness (QED) is 0.696. The van der Waals surface area contributed by atoms with Crippen molar-refractivity contribution in [2.45, 2.75) is 12.3 Å². The number of hydrogen-bond acceptors (Lipinski definition) is 3. The third-order valence-electron chi connectivity index (χ3n) is 1.99. The van der Waals surface area contributed by atoms with Crippen LogP contribution in [0, 0.1) is 5.92 Å². The molecule has 0 aliphatic carbocycles. The van der Waals surface area contributed by atoms with E-state index in [1.165, 1.54) is 0 Å². The van der Waals surface area contributed by atoms with Gasteiger partial charge in [-0.05, 0) is 6.54 Å². The molecule has 1 saturated heterocycles. The summed E-state index contributed by atoms with van der Waals surface area (Å²) in [6.07, 6.45) is -0.423. The van der Waals surface area contributed by atoms with Crippen LogP contribution in [0.25, 0.3) is 0 Å². The number of nitrogens with two attached hydrogens (primary N) is 1. The van der Waals surface area contributed by atoms with Gasteiger partial charge in [-0.15, -0.1) is 0 Å². The zero-order valence-corrected chi connectivity index (χ0v) is 7.28. The second-order valence-corrected chi connectivity index (χ2v) is 5.23. The molecule has 1 aliphatic heterocycles. The van der Waals surface area contributed by atoms with Gasteiger partial charge in [0.2, 0.25) is 0 Å². The van der Waals surface area contributed by atoms with Crippen LogP contribution in [0.4, 0.5) is 8.78 Å². The van der Waals surface area contributed by atoms with E-state index >= 15 is 0 Å². The fourth-order valence-corrected chi connectivity index (χ4v) is 2.82. The molecule has 2 N–H and O–H groups in total. The Morgan fingerprint density at radius 1 is 1.42 bits per heavy atom. The van der Waals surface area contributed by atoms with E-state index in [1.807, 2.05) is 0 Å². The summed E-state index contributed by atoms with van der Waals surface area (Å²) in [5.74, 6) is -4.69. The highest BCUT2D eigenvalue weighted by Gasteiger charge is 2.49. The van der Waals surface area contributed by atoms with Crippen LogP contribution in [0.5, 0.6) is 0 Å². The molecule has 0 saturated carbocycles. The molecule has 3 nitrogen and oxygen atoms in total. The highest BCUT2D eigenvalue weighted by molar-refractivity contribution is 7.92. The molecule has 0 aromatic rings. The summed E-state index contributed by atoms with van der Waals surface area (Å²) < 4.78 is 46.9. The molecule has 0 atom stereocenters. The molecule has 0 aromatic heterocycles. The maximum atomic E-state index is 12.9. The molecule has 0 unspecified atom stereocenters. The van der Waals surface area contributed by atoms with Gasteiger partial charge in [-0.1, -0.05) is 0 Å². The van der Waals surface area contributed by atoms with Crippen LogP contribution in [-0.2, 0) is 9.84 Å². The minimum atomic E-state index is -3.15. The molecule has 12 heavy (non-hydrogen) atoms. The largest absolute Gasteiger partial charge is 0.330 e. The van der Waals surface area contributed by atoms with Crippen molar-refractivity contribution in [3.05, 3.63) is 0 Å². The van der Waals surface area contributed by atoms with E-state index in [-0.39, 0.29) is 18.1 Å². The van der Waals surface area contributed by atoms with E-state index in [0.29, 0.717) is 0 Å². The van der Waals surface area contributed by atoms with Crippen LogP contribution < -0.4 is 5.73 Å². The summed E-state index contributed by atoms with van der Waals surface area (Å²) in [5, 5.41) is 0. The van der Waals surface area contributed by atoms with Crippen LogP contribution in [0.15, 0.2) is 0 Å². The lowest BCUT2D eigenvalue weighted by Crippen LogP contribution is -2.48. The molecule has 1 aliphatic rings. The maximum absolute atomic E-state index is 12.9. The van der Waals surface area contributed by atoms with Crippen LogP contribution in [0.1, 0.15) is 6.42 Å². The molecular weight excluding hydrogens is 188 g/mol. The first kappa shape index (κ1) is 9.85. The summed E-state index contributed by atoms with van der Waals surface area (Å²) >= 11 is 0.